The van der Waals surface area contributed by atoms with Gasteiger partial charge in [-0.05, 0) is 83.0 Å². The van der Waals surface area contributed by atoms with Crippen LogP contribution in [0.15, 0.2) is 125 Å². The number of anilines is 3. The Kier molecular flexibility index (Phi) is 5.24. The lowest BCUT2D eigenvalue weighted by Crippen LogP contribution is -2.24. The number of nitrogens with zero attached hydrogens (tertiary/aromatic N) is 4. The van der Waals surface area contributed by atoms with E-state index in [1.807, 2.05) is 12.3 Å². The van der Waals surface area contributed by atoms with Gasteiger partial charge >= 0.3 is 0 Å². The number of aromatic nitrogens is 2. The van der Waals surface area contributed by atoms with Crippen molar-refractivity contribution in [3.8, 4) is 5.82 Å². The monoisotopic (exact) mass is 514 g/mol. The molecule has 7 rings (SSSR count). The quantitative estimate of drug-likeness (QED) is 0.237. The molecular formula is C33H30N4S. The molecule has 0 aliphatic carbocycles. The van der Waals surface area contributed by atoms with Gasteiger partial charge in [-0.3, -0.25) is 4.57 Å². The molecule has 1 aliphatic heterocycles. The third kappa shape index (κ3) is 3.50. The third-order valence-electron chi connectivity index (χ3n) is 7.77. The Hall–Kier alpha value is -4.22. The van der Waals surface area contributed by atoms with Crippen molar-refractivity contribution in [2.75, 3.05) is 36.0 Å². The molecule has 0 fully saturated rings. The van der Waals surface area contributed by atoms with Crippen molar-refractivity contribution in [3.05, 3.63) is 115 Å². The first-order valence-corrected chi connectivity index (χ1v) is 15.3. The zero-order valence-electron chi connectivity index (χ0n) is 21.9. The Morgan fingerprint density at radius 1 is 0.658 bits per heavy atom. The molecule has 2 aromatic heterocycles. The molecule has 188 valence electrons. The first-order valence-electron chi connectivity index (χ1n) is 12.9. The summed E-state index contributed by atoms with van der Waals surface area (Å²) in [7, 11) is 0.877. The Labute approximate surface area is 225 Å². The van der Waals surface area contributed by atoms with Gasteiger partial charge in [0.2, 0.25) is 0 Å². The first-order chi connectivity index (χ1) is 18.5. The van der Waals surface area contributed by atoms with Crippen LogP contribution in [0.3, 0.4) is 0 Å². The number of fused-ring (bicyclic) bond motifs is 4. The minimum atomic E-state index is -1.28. The summed E-state index contributed by atoms with van der Waals surface area (Å²) in [6.07, 6.45) is 6.69. The molecule has 4 nitrogen and oxygen atoms in total. The van der Waals surface area contributed by atoms with Crippen LogP contribution in [0.4, 0.5) is 17.1 Å². The lowest BCUT2D eigenvalue weighted by atomic mass is 10.2. The summed E-state index contributed by atoms with van der Waals surface area (Å²) in [5.41, 5.74) is 6.17. The van der Waals surface area contributed by atoms with Crippen molar-refractivity contribution in [1.82, 2.24) is 9.55 Å². The lowest BCUT2D eigenvalue weighted by Gasteiger charge is -2.33. The summed E-state index contributed by atoms with van der Waals surface area (Å²) in [5.74, 6) is 0.947. The summed E-state index contributed by atoms with van der Waals surface area (Å²) in [6, 6.07) is 39.6. The largest absolute Gasteiger partial charge is 0.355 e. The summed E-state index contributed by atoms with van der Waals surface area (Å²) >= 11 is 0. The maximum Gasteiger partial charge on any atom is 0.137 e. The van der Waals surface area contributed by atoms with Crippen molar-refractivity contribution >= 4 is 48.9 Å². The molecule has 0 unspecified atom stereocenters. The van der Waals surface area contributed by atoms with E-state index < -0.39 is 10.0 Å². The fourth-order valence-electron chi connectivity index (χ4n) is 5.71. The predicted molar refractivity (Wildman–Crippen MR) is 163 cm³/mol. The van der Waals surface area contributed by atoms with Gasteiger partial charge in [-0.1, -0.05) is 48.5 Å². The Balaban J connectivity index is 1.36. The molecule has 0 radical (unpaired) electrons. The van der Waals surface area contributed by atoms with Crippen molar-refractivity contribution in [3.63, 3.8) is 0 Å². The minimum absolute atomic E-state index is 0.856. The second kappa shape index (κ2) is 8.67. The molecule has 0 amide bonds. The summed E-state index contributed by atoms with van der Waals surface area (Å²) < 4.78 is 2.30. The molecule has 4 aromatic carbocycles. The van der Waals surface area contributed by atoms with E-state index >= 15 is 0 Å². The van der Waals surface area contributed by atoms with E-state index in [1.165, 1.54) is 48.7 Å². The van der Waals surface area contributed by atoms with Crippen molar-refractivity contribution in [2.45, 2.75) is 9.79 Å². The second-order valence-corrected chi connectivity index (χ2v) is 13.9. The molecule has 0 saturated carbocycles. The SMILES string of the molecule is CN1CN(c2cccc(S(C)(C)c3ccc4c5ccccc5n(-c5ccccn5)c4c3)c2)c2ccccc21. The smallest absolute Gasteiger partial charge is 0.137 e. The standard InChI is InChI=1S/C33H30N4S/c1-35-23-36(31-16-7-6-15-30(31)35)24-11-10-12-25(21-24)38(2,3)26-18-19-28-27-13-4-5-14-29(27)37(32(28)22-26)33-17-8-9-20-34-33/h4-22H,23H2,1-3H3. The van der Waals surface area contributed by atoms with Crippen LogP contribution in [0, 0.1) is 0 Å². The van der Waals surface area contributed by atoms with Crippen LogP contribution in [0.2, 0.25) is 0 Å². The van der Waals surface area contributed by atoms with Crippen LogP contribution in [0.1, 0.15) is 0 Å². The number of hydrogen-bond donors (Lipinski definition) is 0. The van der Waals surface area contributed by atoms with Gasteiger partial charge in [-0.15, -0.1) is 0 Å². The molecule has 0 N–H and O–H groups in total. The van der Waals surface area contributed by atoms with Crippen LogP contribution in [0.25, 0.3) is 27.6 Å². The maximum atomic E-state index is 4.71. The molecule has 5 heteroatoms. The van der Waals surface area contributed by atoms with Crippen molar-refractivity contribution < 1.29 is 0 Å². The molecule has 6 aromatic rings. The molecule has 0 saturated heterocycles. The highest BCUT2D eigenvalue weighted by Gasteiger charge is 2.26. The number of hydrogen-bond acceptors (Lipinski definition) is 3. The average Bonchev–Trinajstić information content (AvgIpc) is 3.48. The highest BCUT2D eigenvalue weighted by molar-refractivity contribution is 8.32. The molecule has 0 atom stereocenters. The minimum Gasteiger partial charge on any atom is -0.355 e. The highest BCUT2D eigenvalue weighted by atomic mass is 32.3. The van der Waals surface area contributed by atoms with E-state index in [4.69, 9.17) is 4.98 Å². The topological polar surface area (TPSA) is 24.3 Å². The molecule has 38 heavy (non-hydrogen) atoms. The van der Waals surface area contributed by atoms with Gasteiger partial charge < -0.3 is 9.80 Å². The van der Waals surface area contributed by atoms with Gasteiger partial charge in [-0.25, -0.2) is 4.98 Å². The second-order valence-electron chi connectivity index (χ2n) is 10.3. The van der Waals surface area contributed by atoms with Crippen LogP contribution in [-0.2, 0) is 0 Å². The van der Waals surface area contributed by atoms with E-state index in [9.17, 15) is 0 Å². The lowest BCUT2D eigenvalue weighted by molar-refractivity contribution is 0.948. The zero-order chi connectivity index (χ0) is 25.9. The normalized spacial score (nSPS) is 13.9. The molecule has 3 heterocycles. The number of para-hydroxylation sites is 3. The van der Waals surface area contributed by atoms with Crippen LogP contribution < -0.4 is 9.80 Å². The molecule has 1 aliphatic rings. The van der Waals surface area contributed by atoms with E-state index in [1.54, 1.807) is 0 Å². The third-order valence-corrected chi connectivity index (χ3v) is 10.6. The predicted octanol–water partition coefficient (Wildman–Crippen LogP) is 8.21. The summed E-state index contributed by atoms with van der Waals surface area (Å²) in [5, 5.41) is 2.52. The number of rotatable bonds is 4. The fraction of sp³-hybridized carbons (Fsp3) is 0.121. The summed E-state index contributed by atoms with van der Waals surface area (Å²) in [4.78, 5) is 12.2. The van der Waals surface area contributed by atoms with Crippen LogP contribution in [-0.4, -0.2) is 35.8 Å². The number of pyridine rings is 1. The van der Waals surface area contributed by atoms with E-state index in [0.717, 1.165) is 12.5 Å². The maximum absolute atomic E-state index is 4.71. The van der Waals surface area contributed by atoms with Crippen molar-refractivity contribution in [1.29, 1.82) is 0 Å². The first kappa shape index (κ1) is 22.9. The Morgan fingerprint density at radius 2 is 1.39 bits per heavy atom. The van der Waals surface area contributed by atoms with E-state index in [-0.39, 0.29) is 0 Å². The molecular weight excluding hydrogens is 484 g/mol. The van der Waals surface area contributed by atoms with Gasteiger partial charge in [0.15, 0.2) is 0 Å². The fourth-order valence-corrected chi connectivity index (χ4v) is 7.63. The van der Waals surface area contributed by atoms with Gasteiger partial charge in [0, 0.05) is 29.7 Å². The van der Waals surface area contributed by atoms with Gasteiger partial charge in [0.1, 0.15) is 5.82 Å². The molecule has 0 spiro atoms. The van der Waals surface area contributed by atoms with Crippen LogP contribution >= 0.6 is 10.0 Å². The molecule has 0 bridgehead atoms. The summed E-state index contributed by atoms with van der Waals surface area (Å²) in [6.45, 7) is 0.856. The van der Waals surface area contributed by atoms with Crippen LogP contribution in [0.5, 0.6) is 0 Å². The van der Waals surface area contributed by atoms with Gasteiger partial charge in [0.25, 0.3) is 0 Å². The van der Waals surface area contributed by atoms with E-state index in [0.29, 0.717) is 0 Å². The van der Waals surface area contributed by atoms with E-state index in [2.05, 4.69) is 137 Å². The van der Waals surface area contributed by atoms with Gasteiger partial charge in [0.05, 0.1) is 29.1 Å². The van der Waals surface area contributed by atoms with Crippen molar-refractivity contribution in [2.24, 2.45) is 0 Å². The Bertz CT molecular complexity index is 1810. The number of benzene rings is 4. The Morgan fingerprint density at radius 3 is 2.24 bits per heavy atom. The van der Waals surface area contributed by atoms with Gasteiger partial charge in [-0.2, -0.15) is 10.0 Å². The zero-order valence-corrected chi connectivity index (χ0v) is 22.7. The highest BCUT2D eigenvalue weighted by Crippen LogP contribution is 2.58. The average molecular weight is 515 g/mol.